The number of nitrogens with one attached hydrogen (secondary N) is 2. The third-order valence-corrected chi connectivity index (χ3v) is 2.76. The van der Waals surface area contributed by atoms with Gasteiger partial charge in [0, 0.05) is 27.2 Å². The van der Waals surface area contributed by atoms with E-state index < -0.39 is 0 Å². The molecule has 7 heteroatoms. The fraction of sp³-hybridized carbons (Fsp3) is 0.750. The molecule has 1 heterocycles. The maximum absolute atomic E-state index is 5.36. The molecule has 0 bridgehead atoms. The van der Waals surface area contributed by atoms with Crippen molar-refractivity contribution in [2.24, 2.45) is 12.0 Å². The lowest BCUT2D eigenvalue weighted by molar-refractivity contribution is 0.0268. The highest BCUT2D eigenvalue weighted by Gasteiger charge is 2.16. The van der Waals surface area contributed by atoms with E-state index in [1.54, 1.807) is 11.8 Å². The molecule has 0 atom stereocenters. The van der Waals surface area contributed by atoms with Crippen molar-refractivity contribution in [1.82, 2.24) is 25.4 Å². The van der Waals surface area contributed by atoms with Gasteiger partial charge in [-0.3, -0.25) is 4.68 Å². The number of hydrogen-bond donors (Lipinski definition) is 2. The number of nitrogens with zero attached hydrogens (tertiary/aromatic N) is 4. The topological polar surface area (TPSA) is 76.4 Å². The maximum atomic E-state index is 5.36. The molecule has 2 N–H and O–H groups in total. The van der Waals surface area contributed by atoms with Gasteiger partial charge in [-0.05, 0) is 20.8 Å². The summed E-state index contributed by atoms with van der Waals surface area (Å²) in [5.41, 5.74) is -0.235. The third kappa shape index (κ3) is 5.25. The average molecular weight is 268 g/mol. The van der Waals surface area contributed by atoms with E-state index in [1.165, 1.54) is 6.33 Å². The van der Waals surface area contributed by atoms with Crippen LogP contribution in [0.15, 0.2) is 11.3 Å². The predicted molar refractivity (Wildman–Crippen MR) is 74.9 cm³/mol. The average Bonchev–Trinajstić information content (AvgIpc) is 2.78. The largest absolute Gasteiger partial charge is 0.377 e. The Kier molecular flexibility index (Phi) is 5.75. The Morgan fingerprint density at radius 1 is 1.47 bits per heavy atom. The SMILES string of the molecule is CCNC(=NCc1ncnn1C)NCC(C)(C)OC. The number of hydrogen-bond acceptors (Lipinski definition) is 4. The molecule has 0 aliphatic heterocycles. The van der Waals surface area contributed by atoms with E-state index in [9.17, 15) is 0 Å². The second kappa shape index (κ2) is 7.08. The van der Waals surface area contributed by atoms with Gasteiger partial charge in [-0.25, -0.2) is 9.98 Å². The van der Waals surface area contributed by atoms with E-state index in [0.717, 1.165) is 18.3 Å². The molecule has 0 radical (unpaired) electrons. The van der Waals surface area contributed by atoms with Crippen LogP contribution in [0.5, 0.6) is 0 Å². The molecule has 0 aliphatic rings. The summed E-state index contributed by atoms with van der Waals surface area (Å²) in [6.45, 7) is 8.03. The van der Waals surface area contributed by atoms with E-state index in [0.29, 0.717) is 13.1 Å². The zero-order valence-electron chi connectivity index (χ0n) is 12.4. The molecule has 1 aromatic heterocycles. The van der Waals surface area contributed by atoms with Crippen molar-refractivity contribution < 1.29 is 4.74 Å². The summed E-state index contributed by atoms with van der Waals surface area (Å²) >= 11 is 0. The lowest BCUT2D eigenvalue weighted by Gasteiger charge is -2.24. The van der Waals surface area contributed by atoms with Crippen LogP contribution < -0.4 is 10.6 Å². The lowest BCUT2D eigenvalue weighted by Crippen LogP contribution is -2.45. The number of aryl methyl sites for hydroxylation is 1. The van der Waals surface area contributed by atoms with Crippen molar-refractivity contribution in [1.29, 1.82) is 0 Å². The minimum Gasteiger partial charge on any atom is -0.377 e. The Labute approximate surface area is 114 Å². The summed E-state index contributed by atoms with van der Waals surface area (Å²) < 4.78 is 7.08. The third-order valence-electron chi connectivity index (χ3n) is 2.76. The summed E-state index contributed by atoms with van der Waals surface area (Å²) in [7, 11) is 3.55. The number of guanidine groups is 1. The highest BCUT2D eigenvalue weighted by molar-refractivity contribution is 5.79. The summed E-state index contributed by atoms with van der Waals surface area (Å²) in [4.78, 5) is 8.61. The summed E-state index contributed by atoms with van der Waals surface area (Å²) in [6, 6.07) is 0. The van der Waals surface area contributed by atoms with E-state index in [1.807, 2.05) is 27.8 Å². The molecule has 0 unspecified atom stereocenters. The van der Waals surface area contributed by atoms with E-state index in [2.05, 4.69) is 25.7 Å². The van der Waals surface area contributed by atoms with Gasteiger partial charge in [0.25, 0.3) is 0 Å². The van der Waals surface area contributed by atoms with Gasteiger partial charge in [0.2, 0.25) is 0 Å². The zero-order chi connectivity index (χ0) is 14.3. The molecule has 0 saturated carbocycles. The molecular formula is C12H24N6O. The van der Waals surface area contributed by atoms with Gasteiger partial charge in [0.1, 0.15) is 18.7 Å². The van der Waals surface area contributed by atoms with Gasteiger partial charge >= 0.3 is 0 Å². The first kappa shape index (κ1) is 15.4. The first-order valence-corrected chi connectivity index (χ1v) is 6.38. The molecule has 19 heavy (non-hydrogen) atoms. The van der Waals surface area contributed by atoms with Crippen molar-refractivity contribution in [2.45, 2.75) is 32.9 Å². The summed E-state index contributed by atoms with van der Waals surface area (Å²) in [5, 5.41) is 10.5. The zero-order valence-corrected chi connectivity index (χ0v) is 12.4. The number of methoxy groups -OCH3 is 1. The van der Waals surface area contributed by atoms with E-state index in [-0.39, 0.29) is 5.60 Å². The van der Waals surface area contributed by atoms with Crippen LogP contribution in [-0.4, -0.2) is 46.5 Å². The van der Waals surface area contributed by atoms with Crippen LogP contribution in [0.1, 0.15) is 26.6 Å². The smallest absolute Gasteiger partial charge is 0.191 e. The maximum Gasteiger partial charge on any atom is 0.191 e. The van der Waals surface area contributed by atoms with E-state index in [4.69, 9.17) is 4.74 Å². The Bertz CT molecular complexity index is 412. The van der Waals surface area contributed by atoms with Crippen LogP contribution in [0.2, 0.25) is 0 Å². The predicted octanol–water partition coefficient (Wildman–Crippen LogP) is 0.295. The number of ether oxygens (including phenoxy) is 1. The molecule has 0 aromatic carbocycles. The Morgan fingerprint density at radius 3 is 2.74 bits per heavy atom. The van der Waals surface area contributed by atoms with Crippen LogP contribution in [0.4, 0.5) is 0 Å². The van der Waals surface area contributed by atoms with Crippen LogP contribution in [0.25, 0.3) is 0 Å². The molecule has 0 saturated heterocycles. The standard InChI is InChI=1S/C12H24N6O/c1-6-13-11(15-8-12(2,3)19-5)14-7-10-16-9-17-18(10)4/h9H,6-8H2,1-5H3,(H2,13,14,15). The molecule has 0 fully saturated rings. The van der Waals surface area contributed by atoms with Crippen LogP contribution >= 0.6 is 0 Å². The summed E-state index contributed by atoms with van der Waals surface area (Å²) in [5.74, 6) is 1.57. The van der Waals surface area contributed by atoms with Crippen molar-refractivity contribution in [3.05, 3.63) is 12.2 Å². The molecule has 0 aliphatic carbocycles. The Balaban J connectivity index is 2.59. The Morgan fingerprint density at radius 2 is 2.21 bits per heavy atom. The van der Waals surface area contributed by atoms with Crippen LogP contribution in [-0.2, 0) is 18.3 Å². The van der Waals surface area contributed by atoms with Gasteiger partial charge in [0.15, 0.2) is 5.96 Å². The first-order chi connectivity index (χ1) is 8.98. The van der Waals surface area contributed by atoms with Crippen LogP contribution in [0.3, 0.4) is 0 Å². The van der Waals surface area contributed by atoms with Gasteiger partial charge in [-0.2, -0.15) is 5.10 Å². The highest BCUT2D eigenvalue weighted by Crippen LogP contribution is 2.04. The fourth-order valence-corrected chi connectivity index (χ4v) is 1.32. The molecule has 108 valence electrons. The normalized spacial score (nSPS) is 12.6. The second-order valence-electron chi connectivity index (χ2n) is 4.81. The number of aromatic nitrogens is 3. The van der Waals surface area contributed by atoms with Gasteiger partial charge < -0.3 is 15.4 Å². The molecule has 0 spiro atoms. The van der Waals surface area contributed by atoms with Crippen LogP contribution in [0, 0.1) is 0 Å². The molecule has 7 nitrogen and oxygen atoms in total. The molecular weight excluding hydrogens is 244 g/mol. The number of rotatable bonds is 6. The lowest BCUT2D eigenvalue weighted by atomic mass is 10.1. The quantitative estimate of drug-likeness (QED) is 0.573. The molecule has 1 aromatic rings. The van der Waals surface area contributed by atoms with E-state index >= 15 is 0 Å². The first-order valence-electron chi connectivity index (χ1n) is 6.38. The second-order valence-corrected chi connectivity index (χ2v) is 4.81. The van der Waals surface area contributed by atoms with Gasteiger partial charge in [0.05, 0.1) is 5.60 Å². The number of aliphatic imine (C=N–C) groups is 1. The minimum atomic E-state index is -0.235. The Hall–Kier alpha value is -1.63. The van der Waals surface area contributed by atoms with Crippen molar-refractivity contribution in [2.75, 3.05) is 20.2 Å². The van der Waals surface area contributed by atoms with Crippen molar-refractivity contribution in [3.8, 4) is 0 Å². The highest BCUT2D eigenvalue weighted by atomic mass is 16.5. The van der Waals surface area contributed by atoms with Gasteiger partial charge in [-0.1, -0.05) is 0 Å². The molecule has 0 amide bonds. The van der Waals surface area contributed by atoms with Crippen molar-refractivity contribution >= 4 is 5.96 Å². The minimum absolute atomic E-state index is 0.235. The van der Waals surface area contributed by atoms with Gasteiger partial charge in [-0.15, -0.1) is 0 Å². The van der Waals surface area contributed by atoms with Crippen molar-refractivity contribution in [3.63, 3.8) is 0 Å². The summed E-state index contributed by atoms with van der Waals surface area (Å²) in [6.07, 6.45) is 1.53. The molecule has 1 rings (SSSR count). The fourth-order valence-electron chi connectivity index (χ4n) is 1.32. The monoisotopic (exact) mass is 268 g/mol.